The van der Waals surface area contributed by atoms with Crippen LogP contribution < -0.4 is 0 Å². The molecule has 34 heavy (non-hydrogen) atoms. The molecule has 0 aliphatic carbocycles. The summed E-state index contributed by atoms with van der Waals surface area (Å²) in [7, 11) is 1.76. The minimum absolute atomic E-state index is 0.0139. The highest BCUT2D eigenvalue weighted by atomic mass is 16.2. The number of aromatic nitrogens is 1. The number of likely N-dealkylation sites (N-methyl/N-ethyl adjacent to an activating group) is 1. The van der Waals surface area contributed by atoms with E-state index in [9.17, 15) is 14.4 Å². The molecule has 0 saturated carbocycles. The largest absolute Gasteiger partial charge is 0.345 e. The van der Waals surface area contributed by atoms with Crippen LogP contribution in [-0.2, 0) is 32.8 Å². The lowest BCUT2D eigenvalue weighted by Crippen LogP contribution is -2.43. The van der Waals surface area contributed by atoms with E-state index >= 15 is 0 Å². The first-order chi connectivity index (χ1) is 16.4. The Morgan fingerprint density at radius 3 is 2.35 bits per heavy atom. The van der Waals surface area contributed by atoms with Gasteiger partial charge in [0.15, 0.2) is 0 Å². The smallest absolute Gasteiger partial charge is 0.241 e. The standard InChI is InChI=1S/C28H29N3O3/c1-21-8-6-7-11-24(21)28(18-25(32)30(2)17-14-22-9-4-3-5-10-22)19-26(33)31(27(28)34)20-23-12-15-29-16-13-23/h3-13,15-16H,14,17-20H2,1-2H3/t28-/m1/s1. The lowest BCUT2D eigenvalue weighted by molar-refractivity contribution is -0.143. The molecule has 3 aromatic rings. The molecule has 0 N–H and O–H groups in total. The Kier molecular flexibility index (Phi) is 6.87. The normalized spacial score (nSPS) is 17.8. The van der Waals surface area contributed by atoms with Crippen LogP contribution in [0.15, 0.2) is 79.1 Å². The Morgan fingerprint density at radius 2 is 1.65 bits per heavy atom. The molecule has 1 fully saturated rings. The molecule has 0 unspecified atom stereocenters. The van der Waals surface area contributed by atoms with Gasteiger partial charge in [0.1, 0.15) is 0 Å². The molecule has 0 radical (unpaired) electrons. The van der Waals surface area contributed by atoms with Crippen molar-refractivity contribution in [2.45, 2.75) is 38.1 Å². The number of imide groups is 1. The van der Waals surface area contributed by atoms with Gasteiger partial charge in [0, 0.05) is 38.8 Å². The van der Waals surface area contributed by atoms with Crippen molar-refractivity contribution in [2.75, 3.05) is 13.6 Å². The number of benzene rings is 2. The average Bonchev–Trinajstić information content (AvgIpc) is 3.08. The zero-order valence-electron chi connectivity index (χ0n) is 19.6. The summed E-state index contributed by atoms with van der Waals surface area (Å²) in [6.45, 7) is 2.63. The molecular weight excluding hydrogens is 426 g/mol. The molecule has 2 heterocycles. The molecule has 1 aliphatic heterocycles. The molecule has 0 spiro atoms. The monoisotopic (exact) mass is 455 g/mol. The predicted molar refractivity (Wildman–Crippen MR) is 130 cm³/mol. The fraction of sp³-hybridized carbons (Fsp3) is 0.286. The second-order valence-electron chi connectivity index (χ2n) is 8.94. The fourth-order valence-corrected chi connectivity index (χ4v) is 4.64. The van der Waals surface area contributed by atoms with Crippen molar-refractivity contribution in [1.29, 1.82) is 0 Å². The van der Waals surface area contributed by atoms with Crippen LogP contribution in [0, 0.1) is 6.92 Å². The SMILES string of the molecule is Cc1ccccc1[C@@]1(CC(=O)N(C)CCc2ccccc2)CC(=O)N(Cc2ccncc2)C1=O. The summed E-state index contributed by atoms with van der Waals surface area (Å²) in [5.41, 5.74) is 2.41. The summed E-state index contributed by atoms with van der Waals surface area (Å²) < 4.78 is 0. The maximum atomic E-state index is 13.9. The molecule has 174 valence electrons. The molecule has 1 aliphatic rings. The van der Waals surface area contributed by atoms with Crippen molar-refractivity contribution in [3.05, 3.63) is 101 Å². The van der Waals surface area contributed by atoms with E-state index < -0.39 is 5.41 Å². The first kappa shape index (κ1) is 23.4. The topological polar surface area (TPSA) is 70.6 Å². The van der Waals surface area contributed by atoms with Crippen molar-refractivity contribution in [2.24, 2.45) is 0 Å². The van der Waals surface area contributed by atoms with Gasteiger partial charge in [-0.1, -0.05) is 54.6 Å². The molecule has 1 saturated heterocycles. The van der Waals surface area contributed by atoms with E-state index in [0.29, 0.717) is 6.54 Å². The van der Waals surface area contributed by atoms with Gasteiger partial charge in [0.05, 0.1) is 12.0 Å². The lowest BCUT2D eigenvalue weighted by atomic mass is 9.74. The number of pyridine rings is 1. The van der Waals surface area contributed by atoms with Gasteiger partial charge in [-0.2, -0.15) is 0 Å². The van der Waals surface area contributed by atoms with Crippen LogP contribution in [0.3, 0.4) is 0 Å². The van der Waals surface area contributed by atoms with Crippen LogP contribution >= 0.6 is 0 Å². The predicted octanol–water partition coefficient (Wildman–Crippen LogP) is 3.68. The van der Waals surface area contributed by atoms with Gasteiger partial charge in [0.2, 0.25) is 17.7 Å². The van der Waals surface area contributed by atoms with E-state index in [2.05, 4.69) is 4.98 Å². The number of likely N-dealkylation sites (tertiary alicyclic amines) is 1. The van der Waals surface area contributed by atoms with Gasteiger partial charge < -0.3 is 4.90 Å². The maximum absolute atomic E-state index is 13.9. The van der Waals surface area contributed by atoms with Gasteiger partial charge in [-0.3, -0.25) is 24.3 Å². The number of carbonyl (C=O) groups excluding carboxylic acids is 3. The number of carbonyl (C=O) groups is 3. The molecule has 6 nitrogen and oxygen atoms in total. The Morgan fingerprint density at radius 1 is 0.971 bits per heavy atom. The molecule has 6 heteroatoms. The average molecular weight is 456 g/mol. The number of rotatable bonds is 8. The van der Waals surface area contributed by atoms with Crippen LogP contribution in [0.25, 0.3) is 0 Å². The van der Waals surface area contributed by atoms with Crippen LogP contribution in [0.4, 0.5) is 0 Å². The summed E-state index contributed by atoms with van der Waals surface area (Å²) in [5.74, 6) is -0.718. The Balaban J connectivity index is 1.59. The number of amides is 3. The molecule has 1 atom stereocenters. The van der Waals surface area contributed by atoms with E-state index in [1.807, 2.05) is 61.5 Å². The summed E-state index contributed by atoms with van der Waals surface area (Å²) in [4.78, 5) is 47.3. The molecular formula is C28H29N3O3. The minimum Gasteiger partial charge on any atom is -0.345 e. The Hall–Kier alpha value is -3.80. The van der Waals surface area contributed by atoms with E-state index in [4.69, 9.17) is 0 Å². The van der Waals surface area contributed by atoms with Crippen molar-refractivity contribution in [3.8, 4) is 0 Å². The van der Waals surface area contributed by atoms with Crippen molar-refractivity contribution in [3.63, 3.8) is 0 Å². The number of nitrogens with zero attached hydrogens (tertiary/aromatic N) is 3. The highest BCUT2D eigenvalue weighted by Crippen LogP contribution is 2.42. The van der Waals surface area contributed by atoms with Gasteiger partial charge >= 0.3 is 0 Å². The fourth-order valence-electron chi connectivity index (χ4n) is 4.64. The van der Waals surface area contributed by atoms with Gasteiger partial charge in [0.25, 0.3) is 0 Å². The Labute approximate surface area is 200 Å². The van der Waals surface area contributed by atoms with E-state index in [1.165, 1.54) is 4.90 Å². The number of aryl methyl sites for hydroxylation is 1. The molecule has 1 aromatic heterocycles. The Bertz CT molecular complexity index is 1180. The van der Waals surface area contributed by atoms with Gasteiger partial charge in [-0.15, -0.1) is 0 Å². The van der Waals surface area contributed by atoms with Gasteiger partial charge in [-0.25, -0.2) is 0 Å². The summed E-state index contributed by atoms with van der Waals surface area (Å²) in [5, 5.41) is 0. The first-order valence-electron chi connectivity index (χ1n) is 11.5. The second-order valence-corrected chi connectivity index (χ2v) is 8.94. The third-order valence-corrected chi connectivity index (χ3v) is 6.62. The lowest BCUT2D eigenvalue weighted by Gasteiger charge is -2.30. The highest BCUT2D eigenvalue weighted by Gasteiger charge is 2.54. The second kappa shape index (κ2) is 10.00. The van der Waals surface area contributed by atoms with Crippen LogP contribution in [-0.4, -0.2) is 46.1 Å². The third kappa shape index (κ3) is 4.76. The zero-order valence-corrected chi connectivity index (χ0v) is 19.6. The van der Waals surface area contributed by atoms with Crippen molar-refractivity contribution < 1.29 is 14.4 Å². The van der Waals surface area contributed by atoms with Crippen LogP contribution in [0.5, 0.6) is 0 Å². The van der Waals surface area contributed by atoms with Crippen molar-refractivity contribution in [1.82, 2.24) is 14.8 Å². The molecule has 0 bridgehead atoms. The highest BCUT2D eigenvalue weighted by molar-refractivity contribution is 6.10. The van der Waals surface area contributed by atoms with Crippen LogP contribution in [0.1, 0.15) is 35.1 Å². The molecule has 3 amide bonds. The molecule has 4 rings (SSSR count). The number of hydrogen-bond donors (Lipinski definition) is 0. The maximum Gasteiger partial charge on any atom is 0.241 e. The molecule has 2 aromatic carbocycles. The van der Waals surface area contributed by atoms with Gasteiger partial charge in [-0.05, 0) is 47.7 Å². The van der Waals surface area contributed by atoms with Crippen molar-refractivity contribution >= 4 is 17.7 Å². The van der Waals surface area contributed by atoms with E-state index in [0.717, 1.165) is 28.7 Å². The summed E-state index contributed by atoms with van der Waals surface area (Å²) >= 11 is 0. The number of hydrogen-bond acceptors (Lipinski definition) is 4. The zero-order chi connectivity index (χ0) is 24.1. The summed E-state index contributed by atoms with van der Waals surface area (Å²) in [6.07, 6.45) is 3.95. The van der Waals surface area contributed by atoms with E-state index in [1.54, 1.807) is 36.5 Å². The third-order valence-electron chi connectivity index (χ3n) is 6.62. The van der Waals surface area contributed by atoms with Crippen LogP contribution in [0.2, 0.25) is 0 Å². The van der Waals surface area contributed by atoms with E-state index in [-0.39, 0.29) is 37.1 Å². The first-order valence-corrected chi connectivity index (χ1v) is 11.5. The summed E-state index contributed by atoms with van der Waals surface area (Å²) in [6, 6.07) is 21.1. The quantitative estimate of drug-likeness (QED) is 0.486. The minimum atomic E-state index is -1.20.